The van der Waals surface area contributed by atoms with Gasteiger partial charge >= 0.3 is 0 Å². The van der Waals surface area contributed by atoms with E-state index >= 15 is 0 Å². The van der Waals surface area contributed by atoms with Crippen LogP contribution in [0.25, 0.3) is 0 Å². The first-order chi connectivity index (χ1) is 5.43. The SMILES string of the molecule is C=C(CC)N(CCC)C(C)(C)C. The molecule has 0 amide bonds. The zero-order valence-electron chi connectivity index (χ0n) is 9.28. The van der Waals surface area contributed by atoms with Gasteiger partial charge in [-0.25, -0.2) is 0 Å². The number of nitrogens with zero attached hydrogens (tertiary/aromatic N) is 1. The molecule has 0 aromatic rings. The Morgan fingerprint density at radius 3 is 2.00 bits per heavy atom. The molecule has 0 heterocycles. The van der Waals surface area contributed by atoms with Crippen LogP contribution < -0.4 is 0 Å². The number of rotatable bonds is 4. The molecule has 0 aromatic heterocycles. The van der Waals surface area contributed by atoms with E-state index in [0.717, 1.165) is 13.0 Å². The number of hydrogen-bond acceptors (Lipinski definition) is 1. The molecule has 0 atom stereocenters. The molecule has 12 heavy (non-hydrogen) atoms. The largest absolute Gasteiger partial charge is 0.370 e. The van der Waals surface area contributed by atoms with Gasteiger partial charge in [-0.05, 0) is 33.6 Å². The molecule has 0 fully saturated rings. The van der Waals surface area contributed by atoms with E-state index in [9.17, 15) is 0 Å². The smallest absolute Gasteiger partial charge is 0.0314 e. The molecule has 0 aliphatic carbocycles. The highest BCUT2D eigenvalue weighted by Crippen LogP contribution is 2.20. The molecule has 0 saturated heterocycles. The van der Waals surface area contributed by atoms with Crippen LogP contribution >= 0.6 is 0 Å². The summed E-state index contributed by atoms with van der Waals surface area (Å²) in [7, 11) is 0. The van der Waals surface area contributed by atoms with E-state index in [1.165, 1.54) is 12.1 Å². The first kappa shape index (κ1) is 11.5. The maximum atomic E-state index is 4.08. The van der Waals surface area contributed by atoms with Crippen molar-refractivity contribution in [2.75, 3.05) is 6.54 Å². The molecule has 1 nitrogen and oxygen atoms in total. The Balaban J connectivity index is 4.33. The molecule has 0 aromatic carbocycles. The maximum absolute atomic E-state index is 4.08. The van der Waals surface area contributed by atoms with Crippen molar-refractivity contribution in [3.05, 3.63) is 12.3 Å². The number of hydrogen-bond donors (Lipinski definition) is 0. The van der Waals surface area contributed by atoms with Crippen molar-refractivity contribution >= 4 is 0 Å². The van der Waals surface area contributed by atoms with Crippen LogP contribution in [0.1, 0.15) is 47.5 Å². The van der Waals surface area contributed by atoms with Gasteiger partial charge in [-0.1, -0.05) is 20.4 Å². The molecular formula is C11H23N. The van der Waals surface area contributed by atoms with Gasteiger partial charge in [0.1, 0.15) is 0 Å². The minimum Gasteiger partial charge on any atom is -0.370 e. The second kappa shape index (κ2) is 4.54. The maximum Gasteiger partial charge on any atom is 0.0314 e. The van der Waals surface area contributed by atoms with Crippen LogP contribution in [-0.4, -0.2) is 17.0 Å². The minimum absolute atomic E-state index is 0.225. The van der Waals surface area contributed by atoms with Crippen LogP contribution in [0, 0.1) is 0 Å². The van der Waals surface area contributed by atoms with Crippen LogP contribution in [0.3, 0.4) is 0 Å². The van der Waals surface area contributed by atoms with Gasteiger partial charge in [0.25, 0.3) is 0 Å². The molecule has 0 saturated carbocycles. The predicted molar refractivity (Wildman–Crippen MR) is 56.2 cm³/mol. The highest BCUT2D eigenvalue weighted by molar-refractivity contribution is 4.98. The summed E-state index contributed by atoms with van der Waals surface area (Å²) in [5, 5.41) is 0. The molecular weight excluding hydrogens is 146 g/mol. The molecule has 1 heteroatoms. The van der Waals surface area contributed by atoms with E-state index in [4.69, 9.17) is 0 Å². The molecule has 0 radical (unpaired) electrons. The van der Waals surface area contributed by atoms with E-state index in [2.05, 4.69) is 46.1 Å². The molecule has 72 valence electrons. The van der Waals surface area contributed by atoms with Crippen molar-refractivity contribution in [3.63, 3.8) is 0 Å². The summed E-state index contributed by atoms with van der Waals surface area (Å²) in [6.07, 6.45) is 2.24. The summed E-state index contributed by atoms with van der Waals surface area (Å²) in [6, 6.07) is 0. The molecule has 0 N–H and O–H groups in total. The fourth-order valence-corrected chi connectivity index (χ4v) is 1.38. The quantitative estimate of drug-likeness (QED) is 0.623. The third-order valence-corrected chi connectivity index (χ3v) is 2.05. The van der Waals surface area contributed by atoms with Crippen LogP contribution in [0.15, 0.2) is 12.3 Å². The van der Waals surface area contributed by atoms with Gasteiger partial charge in [0.2, 0.25) is 0 Å². The monoisotopic (exact) mass is 169 g/mol. The third-order valence-electron chi connectivity index (χ3n) is 2.05. The summed E-state index contributed by atoms with van der Waals surface area (Å²) in [5.41, 5.74) is 1.48. The summed E-state index contributed by atoms with van der Waals surface area (Å²) in [6.45, 7) is 16.3. The zero-order valence-corrected chi connectivity index (χ0v) is 9.28. The first-order valence-electron chi connectivity index (χ1n) is 4.88. The van der Waals surface area contributed by atoms with Gasteiger partial charge in [-0.3, -0.25) is 0 Å². The molecule has 0 aliphatic heterocycles. The molecule has 0 unspecified atom stereocenters. The van der Waals surface area contributed by atoms with Gasteiger partial charge in [0, 0.05) is 17.8 Å². The zero-order chi connectivity index (χ0) is 9.78. The van der Waals surface area contributed by atoms with E-state index in [1.807, 2.05) is 0 Å². The lowest BCUT2D eigenvalue weighted by Gasteiger charge is -2.38. The normalized spacial score (nSPS) is 11.4. The average molecular weight is 169 g/mol. The molecule has 0 rings (SSSR count). The van der Waals surface area contributed by atoms with Crippen LogP contribution in [-0.2, 0) is 0 Å². The van der Waals surface area contributed by atoms with Crippen LogP contribution in [0.2, 0.25) is 0 Å². The summed E-state index contributed by atoms with van der Waals surface area (Å²) in [5.74, 6) is 0. The molecule has 0 bridgehead atoms. The van der Waals surface area contributed by atoms with Gasteiger partial charge in [-0.15, -0.1) is 0 Å². The average Bonchev–Trinajstić information content (AvgIpc) is 1.96. The van der Waals surface area contributed by atoms with Crippen molar-refractivity contribution in [3.8, 4) is 0 Å². The van der Waals surface area contributed by atoms with Crippen LogP contribution in [0.5, 0.6) is 0 Å². The number of allylic oxidation sites excluding steroid dienone is 1. The van der Waals surface area contributed by atoms with E-state index in [1.54, 1.807) is 0 Å². The van der Waals surface area contributed by atoms with Gasteiger partial charge in [-0.2, -0.15) is 0 Å². The second-order valence-corrected chi connectivity index (χ2v) is 4.24. The van der Waals surface area contributed by atoms with Crippen molar-refractivity contribution in [1.82, 2.24) is 4.90 Å². The van der Waals surface area contributed by atoms with Gasteiger partial charge < -0.3 is 4.90 Å². The Labute approximate surface area is 77.5 Å². The Morgan fingerprint density at radius 1 is 1.25 bits per heavy atom. The summed E-state index contributed by atoms with van der Waals surface area (Å²) in [4.78, 5) is 2.40. The van der Waals surface area contributed by atoms with Gasteiger partial charge in [0.15, 0.2) is 0 Å². The lowest BCUT2D eigenvalue weighted by molar-refractivity contribution is 0.181. The first-order valence-corrected chi connectivity index (χ1v) is 4.88. The predicted octanol–water partition coefficient (Wildman–Crippen LogP) is 3.42. The third kappa shape index (κ3) is 3.29. The molecule has 0 spiro atoms. The Bertz CT molecular complexity index is 142. The van der Waals surface area contributed by atoms with E-state index in [0.29, 0.717) is 0 Å². The fourth-order valence-electron chi connectivity index (χ4n) is 1.38. The Kier molecular flexibility index (Phi) is 4.36. The van der Waals surface area contributed by atoms with Crippen molar-refractivity contribution in [2.45, 2.75) is 53.0 Å². The van der Waals surface area contributed by atoms with E-state index in [-0.39, 0.29) is 5.54 Å². The van der Waals surface area contributed by atoms with Crippen molar-refractivity contribution in [1.29, 1.82) is 0 Å². The second-order valence-electron chi connectivity index (χ2n) is 4.24. The summed E-state index contributed by atoms with van der Waals surface area (Å²) >= 11 is 0. The van der Waals surface area contributed by atoms with Gasteiger partial charge in [0.05, 0.1) is 0 Å². The fraction of sp³-hybridized carbons (Fsp3) is 0.818. The van der Waals surface area contributed by atoms with Crippen molar-refractivity contribution < 1.29 is 0 Å². The van der Waals surface area contributed by atoms with Crippen LogP contribution in [0.4, 0.5) is 0 Å². The molecule has 0 aliphatic rings. The van der Waals surface area contributed by atoms with Crippen molar-refractivity contribution in [2.24, 2.45) is 0 Å². The standard InChI is InChI=1S/C11H23N/c1-7-9-12(10(3)8-2)11(4,5)6/h3,7-9H2,1-2,4-6H3. The Hall–Kier alpha value is -0.460. The lowest BCUT2D eigenvalue weighted by Crippen LogP contribution is -2.40. The van der Waals surface area contributed by atoms with E-state index < -0.39 is 0 Å². The Morgan fingerprint density at radius 2 is 1.75 bits per heavy atom. The lowest BCUT2D eigenvalue weighted by atomic mass is 10.0. The highest BCUT2D eigenvalue weighted by Gasteiger charge is 2.20. The summed E-state index contributed by atoms with van der Waals surface area (Å²) < 4.78 is 0. The minimum atomic E-state index is 0.225. The highest BCUT2D eigenvalue weighted by atomic mass is 15.2. The topological polar surface area (TPSA) is 3.24 Å².